The normalized spacial score (nSPS) is 48.4. The maximum absolute atomic E-state index is 14.0. The predicted molar refractivity (Wildman–Crippen MR) is 186 cm³/mol. The van der Waals surface area contributed by atoms with Crippen LogP contribution in [0.5, 0.6) is 0 Å². The van der Waals surface area contributed by atoms with Gasteiger partial charge in [-0.15, -0.1) is 0 Å². The molecule has 46 heavy (non-hydrogen) atoms. The highest BCUT2D eigenvalue weighted by Gasteiger charge is 2.69. The fourth-order valence-corrected chi connectivity index (χ4v) is 13.8. The van der Waals surface area contributed by atoms with Crippen LogP contribution in [0, 0.1) is 56.7 Å². The highest BCUT2D eigenvalue weighted by Crippen LogP contribution is 2.77. The standard InChI is InChI=1S/C40H63BrO5/c1-11-28-35(41)29(45-25(5)42)20-32(46-28)44-22-40-19-18-38(9)26(34(40)33(23(2)3)27(43)21-40)12-13-31-37(8)16-14-24(4)36(6,7)30(37)15-17-39(31,38)10/h23-24,26,28-32,35H,11-22H2,1-10H3/t24-,26?,28?,29?,30?,31?,32?,35?,37-,38+,39+,40-/m0/s1. The topological polar surface area (TPSA) is 61.8 Å². The number of esters is 1. The highest BCUT2D eigenvalue weighted by molar-refractivity contribution is 9.09. The minimum absolute atomic E-state index is 0.0586. The maximum atomic E-state index is 14.0. The molecule has 0 aromatic rings. The van der Waals surface area contributed by atoms with Gasteiger partial charge in [0.2, 0.25) is 0 Å². The van der Waals surface area contributed by atoms with E-state index in [4.69, 9.17) is 14.2 Å². The number of carbonyl (C=O) groups is 2. The molecular formula is C40H63BrO5. The molecule has 1 heterocycles. The minimum Gasteiger partial charge on any atom is -0.461 e. The van der Waals surface area contributed by atoms with E-state index in [2.05, 4.69) is 78.2 Å². The Bertz CT molecular complexity index is 1260. The fraction of sp³-hybridized carbons (Fsp3) is 0.900. The van der Waals surface area contributed by atoms with E-state index < -0.39 is 6.29 Å². The van der Waals surface area contributed by atoms with Crippen LogP contribution in [0.25, 0.3) is 0 Å². The van der Waals surface area contributed by atoms with E-state index in [9.17, 15) is 9.59 Å². The van der Waals surface area contributed by atoms with E-state index in [1.807, 2.05) is 0 Å². The third kappa shape index (κ3) is 5.09. The van der Waals surface area contributed by atoms with Gasteiger partial charge in [0.05, 0.1) is 17.5 Å². The molecule has 6 rings (SSSR count). The summed E-state index contributed by atoms with van der Waals surface area (Å²) in [6, 6.07) is 0. The second-order valence-electron chi connectivity index (χ2n) is 18.4. The Morgan fingerprint density at radius 1 is 0.978 bits per heavy atom. The lowest BCUT2D eigenvalue weighted by molar-refractivity contribution is -0.236. The lowest BCUT2D eigenvalue weighted by atomic mass is 9.32. The van der Waals surface area contributed by atoms with Crippen molar-refractivity contribution in [1.29, 1.82) is 0 Å². The molecule has 5 fully saturated rings. The van der Waals surface area contributed by atoms with Crippen molar-refractivity contribution in [2.24, 2.45) is 56.7 Å². The molecule has 0 spiro atoms. The van der Waals surface area contributed by atoms with Crippen molar-refractivity contribution in [2.75, 3.05) is 6.61 Å². The van der Waals surface area contributed by atoms with Crippen molar-refractivity contribution in [2.45, 2.75) is 163 Å². The van der Waals surface area contributed by atoms with Gasteiger partial charge in [0, 0.05) is 25.2 Å². The summed E-state index contributed by atoms with van der Waals surface area (Å²) in [6.45, 7) is 24.2. The molecule has 0 radical (unpaired) electrons. The molecule has 6 aliphatic rings. The molecule has 0 bridgehead atoms. The number of fused-ring (bicyclic) bond motifs is 7. The second-order valence-corrected chi connectivity index (χ2v) is 19.4. The van der Waals surface area contributed by atoms with Crippen molar-refractivity contribution in [3.05, 3.63) is 11.1 Å². The molecule has 0 aromatic heterocycles. The number of hydrogen-bond donors (Lipinski definition) is 0. The summed E-state index contributed by atoms with van der Waals surface area (Å²) < 4.78 is 18.9. The molecule has 0 amide bonds. The van der Waals surface area contributed by atoms with Gasteiger partial charge in [-0.25, -0.2) is 0 Å². The smallest absolute Gasteiger partial charge is 0.302 e. The molecule has 0 aromatic carbocycles. The van der Waals surface area contributed by atoms with Crippen LogP contribution in [0.2, 0.25) is 0 Å². The Labute approximate surface area is 288 Å². The van der Waals surface area contributed by atoms with E-state index in [0.29, 0.717) is 42.0 Å². The lowest BCUT2D eigenvalue weighted by Gasteiger charge is -2.72. The van der Waals surface area contributed by atoms with Crippen molar-refractivity contribution >= 4 is 27.7 Å². The zero-order valence-corrected chi connectivity index (χ0v) is 32.2. The van der Waals surface area contributed by atoms with E-state index in [1.165, 1.54) is 51.0 Å². The number of Topliss-reactive ketones (excluding diaryl/α,β-unsaturated/α-hetero) is 1. The SMILES string of the molecule is CCC1OC(OC[C@@]23CC[C@]4(C)C(CCC5[C@@]6(C)CC[C@H](C)C(C)(C)C6CC[C@]54C)C2=C(C(C)C)C(=O)C3)CC(OC(C)=O)C1Br. The van der Waals surface area contributed by atoms with Crippen molar-refractivity contribution in [1.82, 2.24) is 0 Å². The van der Waals surface area contributed by atoms with Gasteiger partial charge in [-0.1, -0.05) is 83.8 Å². The molecule has 1 saturated heterocycles. The third-order valence-corrected chi connectivity index (χ3v) is 17.0. The van der Waals surface area contributed by atoms with E-state index in [1.54, 1.807) is 0 Å². The van der Waals surface area contributed by atoms with Crippen LogP contribution in [0.4, 0.5) is 0 Å². The van der Waals surface area contributed by atoms with Crippen LogP contribution in [-0.4, -0.2) is 41.7 Å². The largest absolute Gasteiger partial charge is 0.461 e. The first-order chi connectivity index (χ1) is 21.4. The summed E-state index contributed by atoms with van der Waals surface area (Å²) in [5.41, 5.74) is 3.51. The average molecular weight is 704 g/mol. The fourth-order valence-electron chi connectivity index (χ4n) is 13.0. The molecular weight excluding hydrogens is 640 g/mol. The first-order valence-electron chi connectivity index (χ1n) is 18.8. The quantitative estimate of drug-likeness (QED) is 0.204. The van der Waals surface area contributed by atoms with Crippen molar-refractivity contribution in [3.63, 3.8) is 0 Å². The first kappa shape index (κ1) is 35.1. The van der Waals surface area contributed by atoms with Crippen LogP contribution in [0.3, 0.4) is 0 Å². The molecule has 1 aliphatic heterocycles. The Morgan fingerprint density at radius 3 is 2.35 bits per heavy atom. The van der Waals surface area contributed by atoms with Gasteiger partial charge in [-0.2, -0.15) is 0 Å². The molecule has 5 nitrogen and oxygen atoms in total. The molecule has 12 atom stereocenters. The number of alkyl halides is 1. The van der Waals surface area contributed by atoms with Crippen molar-refractivity contribution < 1.29 is 23.8 Å². The van der Waals surface area contributed by atoms with Gasteiger partial charge in [0.1, 0.15) is 6.10 Å². The summed E-state index contributed by atoms with van der Waals surface area (Å²) in [6.07, 6.45) is 11.0. The molecule has 0 N–H and O–H groups in total. The summed E-state index contributed by atoms with van der Waals surface area (Å²) in [4.78, 5) is 25.9. The summed E-state index contributed by atoms with van der Waals surface area (Å²) in [5.74, 6) is 3.00. The minimum atomic E-state index is -0.453. The highest BCUT2D eigenvalue weighted by atomic mass is 79.9. The van der Waals surface area contributed by atoms with Crippen LogP contribution >= 0.6 is 15.9 Å². The Hall–Kier alpha value is -0.720. The summed E-state index contributed by atoms with van der Waals surface area (Å²) in [5, 5.41) is 0. The van der Waals surface area contributed by atoms with E-state index in [-0.39, 0.29) is 45.2 Å². The number of halogens is 1. The van der Waals surface area contributed by atoms with Crippen LogP contribution in [-0.2, 0) is 23.8 Å². The third-order valence-electron chi connectivity index (χ3n) is 15.9. The number of ketones is 1. The Kier molecular flexibility index (Phi) is 9.13. The predicted octanol–water partition coefficient (Wildman–Crippen LogP) is 9.84. The van der Waals surface area contributed by atoms with E-state index >= 15 is 0 Å². The Morgan fingerprint density at radius 2 is 1.70 bits per heavy atom. The molecule has 5 aliphatic carbocycles. The van der Waals surface area contributed by atoms with E-state index in [0.717, 1.165) is 42.6 Å². The molecule has 4 saturated carbocycles. The molecule has 7 unspecified atom stereocenters. The van der Waals surface area contributed by atoms with Gasteiger partial charge >= 0.3 is 5.97 Å². The maximum Gasteiger partial charge on any atom is 0.302 e. The number of ether oxygens (including phenoxy) is 3. The van der Waals surface area contributed by atoms with Gasteiger partial charge in [0.15, 0.2) is 12.1 Å². The number of carbonyl (C=O) groups excluding carboxylic acids is 2. The van der Waals surface area contributed by atoms with Crippen molar-refractivity contribution in [3.8, 4) is 0 Å². The second kappa shape index (κ2) is 12.0. The molecule has 6 heteroatoms. The van der Waals surface area contributed by atoms with Gasteiger partial charge in [-0.05, 0) is 115 Å². The first-order valence-corrected chi connectivity index (χ1v) is 19.7. The van der Waals surface area contributed by atoms with Gasteiger partial charge in [0.25, 0.3) is 0 Å². The van der Waals surface area contributed by atoms with Gasteiger partial charge in [-0.3, -0.25) is 9.59 Å². The van der Waals surface area contributed by atoms with Gasteiger partial charge < -0.3 is 14.2 Å². The summed E-state index contributed by atoms with van der Waals surface area (Å²) >= 11 is 3.74. The van der Waals surface area contributed by atoms with Crippen LogP contribution in [0.1, 0.15) is 140 Å². The Balaban J connectivity index is 1.31. The zero-order valence-electron chi connectivity index (χ0n) is 30.6. The van der Waals surface area contributed by atoms with Crippen LogP contribution in [0.15, 0.2) is 11.1 Å². The number of hydrogen-bond acceptors (Lipinski definition) is 5. The number of allylic oxidation sites excluding steroid dienone is 1. The monoisotopic (exact) mass is 702 g/mol. The summed E-state index contributed by atoms with van der Waals surface area (Å²) in [7, 11) is 0. The van der Waals surface area contributed by atoms with Crippen LogP contribution < -0.4 is 0 Å². The lowest BCUT2D eigenvalue weighted by Crippen LogP contribution is -2.65. The molecule has 260 valence electrons. The zero-order chi connectivity index (χ0) is 33.6. The average Bonchev–Trinajstić information content (AvgIpc) is 3.28. The number of rotatable bonds is 6.